The zero-order valence-electron chi connectivity index (χ0n) is 10.8. The van der Waals surface area contributed by atoms with Gasteiger partial charge in [0, 0.05) is 17.4 Å². The summed E-state index contributed by atoms with van der Waals surface area (Å²) < 4.78 is 15.8. The number of halogens is 1. The lowest BCUT2D eigenvalue weighted by atomic mass is 10.1. The molecule has 0 saturated carbocycles. The van der Waals surface area contributed by atoms with Crippen molar-refractivity contribution in [2.75, 3.05) is 5.73 Å². The van der Waals surface area contributed by atoms with Crippen LogP contribution in [-0.4, -0.2) is 9.38 Å². The number of imidazole rings is 1. The maximum atomic E-state index is 14.0. The Hall–Kier alpha value is -2.36. The summed E-state index contributed by atoms with van der Waals surface area (Å²) in [5.74, 6) is -0.257. The first-order valence-corrected chi connectivity index (χ1v) is 6.07. The molecule has 0 aliphatic carbocycles. The molecule has 0 atom stereocenters. The van der Waals surface area contributed by atoms with Crippen LogP contribution < -0.4 is 5.73 Å². The summed E-state index contributed by atoms with van der Waals surface area (Å²) in [6, 6.07) is 8.57. The van der Waals surface area contributed by atoms with Gasteiger partial charge in [-0.25, -0.2) is 9.37 Å². The van der Waals surface area contributed by atoms with Gasteiger partial charge in [-0.3, -0.25) is 4.40 Å². The van der Waals surface area contributed by atoms with Crippen LogP contribution in [-0.2, 0) is 0 Å². The summed E-state index contributed by atoms with van der Waals surface area (Å²) in [7, 11) is 0. The lowest BCUT2D eigenvalue weighted by Crippen LogP contribution is -1.96. The van der Waals surface area contributed by atoms with Gasteiger partial charge in [0.1, 0.15) is 11.5 Å². The number of anilines is 1. The van der Waals surface area contributed by atoms with Crippen molar-refractivity contribution in [2.45, 2.75) is 13.8 Å². The molecule has 0 saturated heterocycles. The molecule has 3 rings (SSSR count). The van der Waals surface area contributed by atoms with Crippen LogP contribution in [0.5, 0.6) is 0 Å². The van der Waals surface area contributed by atoms with Crippen molar-refractivity contribution in [3.05, 3.63) is 53.6 Å². The summed E-state index contributed by atoms with van der Waals surface area (Å²) in [5, 5.41) is 0. The Morgan fingerprint density at radius 1 is 1.21 bits per heavy atom. The van der Waals surface area contributed by atoms with Gasteiger partial charge in [-0.1, -0.05) is 12.1 Å². The third kappa shape index (κ3) is 1.76. The third-order valence-electron chi connectivity index (χ3n) is 3.23. The molecule has 0 fully saturated rings. The van der Waals surface area contributed by atoms with Crippen molar-refractivity contribution in [1.29, 1.82) is 0 Å². The molecular weight excluding hydrogens is 241 g/mol. The number of aromatic nitrogens is 2. The van der Waals surface area contributed by atoms with Crippen molar-refractivity contribution >= 4 is 11.3 Å². The summed E-state index contributed by atoms with van der Waals surface area (Å²) in [6.07, 6.45) is 1.78. The number of hydrogen-bond acceptors (Lipinski definition) is 2. The number of benzene rings is 1. The number of nitrogens with zero attached hydrogens (tertiary/aromatic N) is 2. The highest BCUT2D eigenvalue weighted by Crippen LogP contribution is 2.28. The zero-order valence-corrected chi connectivity index (χ0v) is 10.8. The molecule has 2 N–H and O–H groups in total. The third-order valence-corrected chi connectivity index (χ3v) is 3.23. The van der Waals surface area contributed by atoms with Crippen molar-refractivity contribution < 1.29 is 4.39 Å². The first kappa shape index (κ1) is 11.7. The van der Waals surface area contributed by atoms with Gasteiger partial charge in [-0.2, -0.15) is 0 Å². The van der Waals surface area contributed by atoms with E-state index in [9.17, 15) is 4.39 Å². The molecule has 4 heteroatoms. The normalized spacial score (nSPS) is 11.1. The molecule has 2 aromatic heterocycles. The highest BCUT2D eigenvalue weighted by Gasteiger charge is 2.15. The average Bonchev–Trinajstić information content (AvgIpc) is 2.67. The Balaban J connectivity index is 2.42. The van der Waals surface area contributed by atoms with E-state index in [0.29, 0.717) is 11.3 Å². The van der Waals surface area contributed by atoms with Crippen LogP contribution in [0.25, 0.3) is 16.9 Å². The Bertz CT molecular complexity index is 774. The minimum Gasteiger partial charge on any atom is -0.398 e. The van der Waals surface area contributed by atoms with Crippen LogP contribution in [0.3, 0.4) is 0 Å². The van der Waals surface area contributed by atoms with Gasteiger partial charge in [0.15, 0.2) is 0 Å². The molecule has 0 bridgehead atoms. The average molecular weight is 255 g/mol. The van der Waals surface area contributed by atoms with E-state index < -0.39 is 0 Å². The van der Waals surface area contributed by atoms with Crippen molar-refractivity contribution in [2.24, 2.45) is 0 Å². The molecule has 0 aliphatic rings. The molecule has 2 heterocycles. The van der Waals surface area contributed by atoms with E-state index in [2.05, 4.69) is 4.98 Å². The fourth-order valence-electron chi connectivity index (χ4n) is 2.43. The SMILES string of the molecule is Cc1nc2c(C)cc(N)cn2c1-c1ccccc1F. The van der Waals surface area contributed by atoms with E-state index in [0.717, 1.165) is 22.6 Å². The molecule has 0 spiro atoms. The Kier molecular flexibility index (Phi) is 2.52. The number of aryl methyl sites for hydroxylation is 2. The highest BCUT2D eigenvalue weighted by molar-refractivity contribution is 5.70. The molecule has 0 aliphatic heterocycles. The minimum absolute atomic E-state index is 0.257. The molecular formula is C15H14FN3. The van der Waals surface area contributed by atoms with E-state index in [1.54, 1.807) is 18.3 Å². The quantitative estimate of drug-likeness (QED) is 0.724. The monoisotopic (exact) mass is 255 g/mol. The fourth-order valence-corrected chi connectivity index (χ4v) is 2.43. The maximum Gasteiger partial charge on any atom is 0.140 e. The maximum absolute atomic E-state index is 14.0. The summed E-state index contributed by atoms with van der Waals surface area (Å²) in [6.45, 7) is 3.83. The summed E-state index contributed by atoms with van der Waals surface area (Å²) in [5.41, 5.74) is 10.4. The second-order valence-corrected chi connectivity index (χ2v) is 4.68. The topological polar surface area (TPSA) is 43.3 Å². The van der Waals surface area contributed by atoms with Crippen molar-refractivity contribution in [1.82, 2.24) is 9.38 Å². The number of fused-ring (bicyclic) bond motifs is 1. The van der Waals surface area contributed by atoms with Gasteiger partial charge in [0.2, 0.25) is 0 Å². The summed E-state index contributed by atoms with van der Waals surface area (Å²) in [4.78, 5) is 4.51. The molecule has 19 heavy (non-hydrogen) atoms. The molecule has 1 aromatic carbocycles. The van der Waals surface area contributed by atoms with Crippen molar-refractivity contribution in [3.63, 3.8) is 0 Å². The molecule has 0 amide bonds. The van der Waals surface area contributed by atoms with E-state index in [1.165, 1.54) is 6.07 Å². The van der Waals surface area contributed by atoms with Crippen LogP contribution in [0.2, 0.25) is 0 Å². The van der Waals surface area contributed by atoms with E-state index in [-0.39, 0.29) is 5.82 Å². The Morgan fingerprint density at radius 3 is 2.68 bits per heavy atom. The number of rotatable bonds is 1. The number of nitrogens with two attached hydrogens (primary N) is 1. The van der Waals surface area contributed by atoms with Crippen LogP contribution >= 0.6 is 0 Å². The first-order chi connectivity index (χ1) is 9.08. The predicted molar refractivity (Wildman–Crippen MR) is 74.5 cm³/mol. The molecule has 3 nitrogen and oxygen atoms in total. The van der Waals surface area contributed by atoms with Gasteiger partial charge >= 0.3 is 0 Å². The second-order valence-electron chi connectivity index (χ2n) is 4.68. The number of pyridine rings is 1. The molecule has 96 valence electrons. The fraction of sp³-hybridized carbons (Fsp3) is 0.133. The van der Waals surface area contributed by atoms with Crippen LogP contribution in [0.4, 0.5) is 10.1 Å². The van der Waals surface area contributed by atoms with Crippen molar-refractivity contribution in [3.8, 4) is 11.3 Å². The standard InChI is InChI=1S/C15H14FN3/c1-9-7-11(17)8-19-14(10(2)18-15(9)19)12-5-3-4-6-13(12)16/h3-8H,17H2,1-2H3. The van der Waals surface area contributed by atoms with Gasteiger partial charge in [0.25, 0.3) is 0 Å². The van der Waals surface area contributed by atoms with Gasteiger partial charge < -0.3 is 5.73 Å². The van der Waals surface area contributed by atoms with Crippen LogP contribution in [0.15, 0.2) is 36.5 Å². The Morgan fingerprint density at radius 2 is 1.95 bits per heavy atom. The van der Waals surface area contributed by atoms with E-state index in [1.807, 2.05) is 30.4 Å². The van der Waals surface area contributed by atoms with Crippen LogP contribution in [0.1, 0.15) is 11.3 Å². The zero-order chi connectivity index (χ0) is 13.6. The smallest absolute Gasteiger partial charge is 0.140 e. The lowest BCUT2D eigenvalue weighted by Gasteiger charge is -2.06. The van der Waals surface area contributed by atoms with E-state index in [4.69, 9.17) is 5.73 Å². The van der Waals surface area contributed by atoms with Gasteiger partial charge in [-0.05, 0) is 37.6 Å². The molecule has 0 unspecified atom stereocenters. The Labute approximate surface area is 110 Å². The first-order valence-electron chi connectivity index (χ1n) is 6.07. The summed E-state index contributed by atoms with van der Waals surface area (Å²) >= 11 is 0. The second kappa shape index (κ2) is 4.09. The van der Waals surface area contributed by atoms with E-state index >= 15 is 0 Å². The predicted octanol–water partition coefficient (Wildman–Crippen LogP) is 3.34. The largest absolute Gasteiger partial charge is 0.398 e. The molecule has 0 radical (unpaired) electrons. The number of hydrogen-bond donors (Lipinski definition) is 1. The minimum atomic E-state index is -0.257. The molecule has 3 aromatic rings. The van der Waals surface area contributed by atoms with Gasteiger partial charge in [-0.15, -0.1) is 0 Å². The highest BCUT2D eigenvalue weighted by atomic mass is 19.1. The van der Waals surface area contributed by atoms with Crippen LogP contribution in [0, 0.1) is 19.7 Å². The lowest BCUT2D eigenvalue weighted by molar-refractivity contribution is 0.630. The number of nitrogen functional groups attached to an aromatic ring is 1. The van der Waals surface area contributed by atoms with Gasteiger partial charge in [0.05, 0.1) is 11.4 Å².